The standard InChI is InChI=1S/C23H25N3/c1-3-10-20(11-4-1)18-25-16-9-17-26(19-21-12-5-2-6-13-21)23(25)22-14-7-8-15-24-22/h1-8,10-15,23H,9,16-19H2. The Morgan fingerprint density at radius 3 is 1.73 bits per heavy atom. The van der Waals surface area contributed by atoms with Gasteiger partial charge in [0.25, 0.3) is 0 Å². The fourth-order valence-electron chi connectivity index (χ4n) is 3.82. The molecule has 0 atom stereocenters. The summed E-state index contributed by atoms with van der Waals surface area (Å²) in [4.78, 5) is 9.82. The van der Waals surface area contributed by atoms with Crippen LogP contribution in [0.2, 0.25) is 0 Å². The van der Waals surface area contributed by atoms with E-state index in [9.17, 15) is 0 Å². The molecule has 26 heavy (non-hydrogen) atoms. The van der Waals surface area contributed by atoms with E-state index in [-0.39, 0.29) is 6.17 Å². The molecule has 2 heterocycles. The van der Waals surface area contributed by atoms with Crippen LogP contribution in [0.3, 0.4) is 0 Å². The predicted molar refractivity (Wildman–Crippen MR) is 105 cm³/mol. The van der Waals surface area contributed by atoms with Crippen LogP contribution in [-0.2, 0) is 13.1 Å². The molecule has 0 bridgehead atoms. The highest BCUT2D eigenvalue weighted by atomic mass is 15.4. The van der Waals surface area contributed by atoms with E-state index < -0.39 is 0 Å². The van der Waals surface area contributed by atoms with Gasteiger partial charge in [-0.2, -0.15) is 0 Å². The van der Waals surface area contributed by atoms with E-state index in [4.69, 9.17) is 4.98 Å². The summed E-state index contributed by atoms with van der Waals surface area (Å²) in [6.07, 6.45) is 3.30. The van der Waals surface area contributed by atoms with Crippen LogP contribution in [0, 0.1) is 0 Å². The minimum atomic E-state index is 0.213. The normalized spacial score (nSPS) is 16.6. The summed E-state index contributed by atoms with van der Waals surface area (Å²) in [5.41, 5.74) is 3.85. The second-order valence-corrected chi connectivity index (χ2v) is 6.89. The topological polar surface area (TPSA) is 19.4 Å². The first kappa shape index (κ1) is 17.0. The first-order chi connectivity index (χ1) is 12.9. The van der Waals surface area contributed by atoms with Gasteiger partial charge in [0.2, 0.25) is 0 Å². The van der Waals surface area contributed by atoms with Crippen LogP contribution in [0.5, 0.6) is 0 Å². The molecule has 0 radical (unpaired) electrons. The van der Waals surface area contributed by atoms with Gasteiger partial charge in [-0.15, -0.1) is 0 Å². The minimum absolute atomic E-state index is 0.213. The van der Waals surface area contributed by atoms with Crippen LogP contribution in [0.15, 0.2) is 85.1 Å². The van der Waals surface area contributed by atoms with Gasteiger partial charge in [0.15, 0.2) is 0 Å². The van der Waals surface area contributed by atoms with Crippen molar-refractivity contribution in [3.8, 4) is 0 Å². The molecule has 4 rings (SSSR count). The van der Waals surface area contributed by atoms with Crippen LogP contribution in [0.1, 0.15) is 29.4 Å². The van der Waals surface area contributed by atoms with E-state index in [1.807, 2.05) is 12.3 Å². The molecule has 0 saturated carbocycles. The van der Waals surface area contributed by atoms with Gasteiger partial charge in [-0.05, 0) is 29.7 Å². The van der Waals surface area contributed by atoms with E-state index in [0.717, 1.165) is 31.9 Å². The lowest BCUT2D eigenvalue weighted by Crippen LogP contribution is -2.47. The maximum absolute atomic E-state index is 4.70. The Kier molecular flexibility index (Phi) is 5.38. The molecule has 1 aliphatic rings. The SMILES string of the molecule is c1ccc(CN2CCCN(Cc3ccccc3)C2c2ccccn2)cc1. The summed E-state index contributed by atoms with van der Waals surface area (Å²) in [6.45, 7) is 4.10. The molecule has 0 N–H and O–H groups in total. The van der Waals surface area contributed by atoms with Crippen molar-refractivity contribution in [2.45, 2.75) is 25.7 Å². The average molecular weight is 343 g/mol. The van der Waals surface area contributed by atoms with Crippen molar-refractivity contribution in [2.75, 3.05) is 13.1 Å². The molecule has 0 amide bonds. The fourth-order valence-corrected chi connectivity index (χ4v) is 3.82. The Morgan fingerprint density at radius 1 is 0.692 bits per heavy atom. The zero-order valence-electron chi connectivity index (χ0n) is 15.0. The van der Waals surface area contributed by atoms with Crippen molar-refractivity contribution < 1.29 is 0 Å². The van der Waals surface area contributed by atoms with Gasteiger partial charge in [-0.3, -0.25) is 14.8 Å². The summed E-state index contributed by atoms with van der Waals surface area (Å²) in [7, 11) is 0. The minimum Gasteiger partial charge on any atom is -0.278 e. The average Bonchev–Trinajstić information content (AvgIpc) is 2.70. The lowest BCUT2D eigenvalue weighted by Gasteiger charge is -2.43. The molecule has 3 nitrogen and oxygen atoms in total. The molecular formula is C23H25N3. The molecule has 1 saturated heterocycles. The van der Waals surface area contributed by atoms with Gasteiger partial charge in [-0.1, -0.05) is 66.7 Å². The van der Waals surface area contributed by atoms with E-state index in [1.54, 1.807) is 0 Å². The molecule has 1 fully saturated rings. The Hall–Kier alpha value is -2.49. The fraction of sp³-hybridized carbons (Fsp3) is 0.261. The third-order valence-electron chi connectivity index (χ3n) is 4.99. The Labute approximate surface area is 155 Å². The first-order valence-electron chi connectivity index (χ1n) is 9.37. The molecular weight excluding hydrogens is 318 g/mol. The van der Waals surface area contributed by atoms with E-state index in [2.05, 4.69) is 82.6 Å². The maximum atomic E-state index is 4.70. The van der Waals surface area contributed by atoms with Crippen molar-refractivity contribution in [3.05, 3.63) is 102 Å². The summed E-state index contributed by atoms with van der Waals surface area (Å²) >= 11 is 0. The molecule has 132 valence electrons. The lowest BCUT2D eigenvalue weighted by atomic mass is 10.1. The quantitative estimate of drug-likeness (QED) is 0.680. The third kappa shape index (κ3) is 4.01. The van der Waals surface area contributed by atoms with Crippen LogP contribution >= 0.6 is 0 Å². The zero-order chi connectivity index (χ0) is 17.6. The van der Waals surface area contributed by atoms with Crippen LogP contribution in [0.4, 0.5) is 0 Å². The summed E-state index contributed by atoms with van der Waals surface area (Å²) in [5.74, 6) is 0. The molecule has 1 aromatic heterocycles. The lowest BCUT2D eigenvalue weighted by molar-refractivity contribution is -0.0116. The molecule has 0 spiro atoms. The number of hydrogen-bond donors (Lipinski definition) is 0. The second kappa shape index (κ2) is 8.26. The van der Waals surface area contributed by atoms with Gasteiger partial charge < -0.3 is 0 Å². The highest BCUT2D eigenvalue weighted by Gasteiger charge is 2.31. The second-order valence-electron chi connectivity index (χ2n) is 6.89. The number of pyridine rings is 1. The highest BCUT2D eigenvalue weighted by molar-refractivity contribution is 5.18. The van der Waals surface area contributed by atoms with Gasteiger partial charge in [-0.25, -0.2) is 0 Å². The summed E-state index contributed by atoms with van der Waals surface area (Å²) in [6, 6.07) is 27.8. The highest BCUT2D eigenvalue weighted by Crippen LogP contribution is 2.30. The third-order valence-corrected chi connectivity index (χ3v) is 4.99. The number of hydrogen-bond acceptors (Lipinski definition) is 3. The number of rotatable bonds is 5. The summed E-state index contributed by atoms with van der Waals surface area (Å²) in [5, 5.41) is 0. The van der Waals surface area contributed by atoms with Gasteiger partial charge in [0, 0.05) is 32.4 Å². The molecule has 1 aliphatic heterocycles. The molecule has 3 aromatic rings. The number of aromatic nitrogens is 1. The van der Waals surface area contributed by atoms with Crippen molar-refractivity contribution in [2.24, 2.45) is 0 Å². The van der Waals surface area contributed by atoms with Gasteiger partial charge >= 0.3 is 0 Å². The number of nitrogens with zero attached hydrogens (tertiary/aromatic N) is 3. The van der Waals surface area contributed by atoms with E-state index in [1.165, 1.54) is 17.5 Å². The van der Waals surface area contributed by atoms with Crippen molar-refractivity contribution in [1.29, 1.82) is 0 Å². The van der Waals surface area contributed by atoms with Crippen molar-refractivity contribution >= 4 is 0 Å². The van der Waals surface area contributed by atoms with Gasteiger partial charge in [0.05, 0.1) is 5.69 Å². The molecule has 3 heteroatoms. The monoisotopic (exact) mass is 343 g/mol. The predicted octanol–water partition coefficient (Wildman–Crippen LogP) is 4.49. The molecule has 2 aromatic carbocycles. The smallest absolute Gasteiger partial charge is 0.107 e. The van der Waals surface area contributed by atoms with E-state index >= 15 is 0 Å². The van der Waals surface area contributed by atoms with Crippen molar-refractivity contribution in [1.82, 2.24) is 14.8 Å². The maximum Gasteiger partial charge on any atom is 0.107 e. The van der Waals surface area contributed by atoms with E-state index in [0.29, 0.717) is 0 Å². The van der Waals surface area contributed by atoms with Crippen LogP contribution < -0.4 is 0 Å². The largest absolute Gasteiger partial charge is 0.278 e. The van der Waals surface area contributed by atoms with Crippen LogP contribution in [0.25, 0.3) is 0 Å². The Morgan fingerprint density at radius 2 is 1.23 bits per heavy atom. The number of benzene rings is 2. The Bertz CT molecular complexity index is 740. The van der Waals surface area contributed by atoms with Gasteiger partial charge in [0.1, 0.15) is 6.17 Å². The van der Waals surface area contributed by atoms with Crippen molar-refractivity contribution in [3.63, 3.8) is 0 Å². The summed E-state index contributed by atoms with van der Waals surface area (Å²) < 4.78 is 0. The zero-order valence-corrected chi connectivity index (χ0v) is 15.0. The first-order valence-corrected chi connectivity index (χ1v) is 9.37. The molecule has 0 aliphatic carbocycles. The molecule has 0 unspecified atom stereocenters. The Balaban J connectivity index is 1.62. The van der Waals surface area contributed by atoms with Crippen LogP contribution in [-0.4, -0.2) is 27.9 Å².